The molecule has 0 heterocycles. The Balaban J connectivity index is 0.000000280. The van der Waals surface area contributed by atoms with Gasteiger partial charge in [0.25, 0.3) is 0 Å². The molecule has 0 aliphatic carbocycles. The van der Waals surface area contributed by atoms with Crippen LogP contribution in [-0.2, 0) is 22.4 Å². The molecule has 152 valence electrons. The maximum atomic E-state index is 11.3. The predicted octanol–water partition coefficient (Wildman–Crippen LogP) is 5.05. The number of carbonyl (C=O) groups is 2. The van der Waals surface area contributed by atoms with Gasteiger partial charge in [0, 0.05) is 18.3 Å². The molecule has 1 N–H and O–H groups in total. The molecule has 3 nitrogen and oxygen atoms in total. The van der Waals surface area contributed by atoms with Gasteiger partial charge in [0.1, 0.15) is 12.4 Å². The molecule has 0 fully saturated rings. The molecule has 0 spiro atoms. The molecule has 2 rings (SSSR count). The summed E-state index contributed by atoms with van der Waals surface area (Å²) in [5.74, 6) is 0.474. The van der Waals surface area contributed by atoms with Crippen LogP contribution in [0.2, 0.25) is 0 Å². The highest BCUT2D eigenvalue weighted by Crippen LogP contribution is 2.11. The first-order valence-electron chi connectivity index (χ1n) is 10.2. The first kappa shape index (κ1) is 23.8. The van der Waals surface area contributed by atoms with Crippen molar-refractivity contribution in [3.8, 4) is 0 Å². The Kier molecular flexibility index (Phi) is 11.8. The van der Waals surface area contributed by atoms with Gasteiger partial charge in [-0.3, -0.25) is 9.59 Å². The van der Waals surface area contributed by atoms with E-state index in [9.17, 15) is 9.59 Å². The van der Waals surface area contributed by atoms with Crippen molar-refractivity contribution in [3.63, 3.8) is 0 Å². The number of aliphatic hydroxyl groups is 1. The van der Waals surface area contributed by atoms with Crippen LogP contribution in [0, 0.1) is 11.8 Å². The van der Waals surface area contributed by atoms with E-state index < -0.39 is 0 Å². The number of benzene rings is 2. The van der Waals surface area contributed by atoms with Gasteiger partial charge < -0.3 is 5.11 Å². The van der Waals surface area contributed by atoms with E-state index in [1.165, 1.54) is 11.1 Å². The van der Waals surface area contributed by atoms with Crippen LogP contribution in [0.25, 0.3) is 0 Å². The Morgan fingerprint density at radius 2 is 1.14 bits per heavy atom. The zero-order valence-corrected chi connectivity index (χ0v) is 17.4. The Labute approximate surface area is 169 Å². The largest absolute Gasteiger partial charge is 0.389 e. The summed E-state index contributed by atoms with van der Waals surface area (Å²) < 4.78 is 0. The van der Waals surface area contributed by atoms with Gasteiger partial charge in [0.15, 0.2) is 5.78 Å². The van der Waals surface area contributed by atoms with E-state index in [2.05, 4.69) is 24.3 Å². The van der Waals surface area contributed by atoms with Crippen molar-refractivity contribution < 1.29 is 14.7 Å². The van der Waals surface area contributed by atoms with Gasteiger partial charge in [0.2, 0.25) is 0 Å². The summed E-state index contributed by atoms with van der Waals surface area (Å²) in [6, 6.07) is 20.4. The topological polar surface area (TPSA) is 54.4 Å². The molecule has 3 heteroatoms. The number of Topliss-reactive ketones (excluding diaryl/α,β-unsaturated/α-hetero) is 2. The van der Waals surface area contributed by atoms with E-state index in [4.69, 9.17) is 5.11 Å². The van der Waals surface area contributed by atoms with Gasteiger partial charge in [-0.1, -0.05) is 81.4 Å². The molecule has 0 amide bonds. The van der Waals surface area contributed by atoms with Crippen molar-refractivity contribution in [2.75, 3.05) is 6.61 Å². The minimum atomic E-state index is -0.337. The van der Waals surface area contributed by atoms with Crippen LogP contribution in [0.5, 0.6) is 0 Å². The van der Waals surface area contributed by atoms with Crippen molar-refractivity contribution in [3.05, 3.63) is 71.8 Å². The molecule has 0 aromatic heterocycles. The Bertz CT molecular complexity index is 618. The number of hydrogen-bond acceptors (Lipinski definition) is 3. The summed E-state index contributed by atoms with van der Waals surface area (Å²) in [6.45, 7) is 5.48. The SMILES string of the molecule is CCC(=O)[C@H](C)CCc1ccccc1.C[C@@H](CCc1ccccc1)C(=O)CO. The quantitative estimate of drug-likeness (QED) is 0.625. The van der Waals surface area contributed by atoms with Crippen LogP contribution in [0.3, 0.4) is 0 Å². The molecule has 0 aliphatic rings. The lowest BCUT2D eigenvalue weighted by atomic mass is 9.96. The third-order valence-corrected chi connectivity index (χ3v) is 5.02. The van der Waals surface area contributed by atoms with Gasteiger partial charge in [-0.15, -0.1) is 0 Å². The first-order chi connectivity index (χ1) is 13.5. The van der Waals surface area contributed by atoms with Crippen LogP contribution in [0.4, 0.5) is 0 Å². The number of hydrogen-bond donors (Lipinski definition) is 1. The standard InChI is InChI=1S/C13H18O.C12H16O2/c1-3-13(14)11(2)9-10-12-7-5-4-6-8-12;1-10(12(14)9-13)7-8-11-5-3-2-4-6-11/h4-8,11H,3,9-10H2,1-2H3;2-6,10,13H,7-9H2,1H3/t11-;10-/m10/s1. The second-order valence-corrected chi connectivity index (χ2v) is 7.29. The molecule has 2 aromatic carbocycles. The molecule has 0 radical (unpaired) electrons. The number of carbonyl (C=O) groups excluding carboxylic acids is 2. The van der Waals surface area contributed by atoms with Gasteiger partial charge in [-0.05, 0) is 36.8 Å². The minimum Gasteiger partial charge on any atom is -0.389 e. The summed E-state index contributed by atoms with van der Waals surface area (Å²) in [6.07, 6.45) is 4.34. The smallest absolute Gasteiger partial charge is 0.160 e. The van der Waals surface area contributed by atoms with Gasteiger partial charge in [-0.25, -0.2) is 0 Å². The van der Waals surface area contributed by atoms with E-state index in [0.717, 1.165) is 25.7 Å². The van der Waals surface area contributed by atoms with Crippen molar-refractivity contribution in [2.24, 2.45) is 11.8 Å². The summed E-state index contributed by atoms with van der Waals surface area (Å²) in [4.78, 5) is 22.4. The summed E-state index contributed by atoms with van der Waals surface area (Å²) >= 11 is 0. The molecular formula is C25H34O3. The Hall–Kier alpha value is -2.26. The monoisotopic (exact) mass is 382 g/mol. The zero-order valence-electron chi connectivity index (χ0n) is 17.4. The Morgan fingerprint density at radius 1 is 0.750 bits per heavy atom. The van der Waals surface area contributed by atoms with Crippen molar-refractivity contribution in [1.82, 2.24) is 0 Å². The maximum absolute atomic E-state index is 11.3. The van der Waals surface area contributed by atoms with Crippen LogP contribution in [0.1, 0.15) is 51.2 Å². The lowest BCUT2D eigenvalue weighted by Crippen LogP contribution is -2.15. The average molecular weight is 383 g/mol. The third kappa shape index (κ3) is 9.61. The van der Waals surface area contributed by atoms with Crippen molar-refractivity contribution >= 4 is 11.6 Å². The number of rotatable bonds is 10. The molecule has 0 saturated carbocycles. The van der Waals surface area contributed by atoms with E-state index in [1.807, 2.05) is 57.2 Å². The van der Waals surface area contributed by atoms with Crippen molar-refractivity contribution in [2.45, 2.75) is 52.9 Å². The van der Waals surface area contributed by atoms with Gasteiger partial charge in [0.05, 0.1) is 0 Å². The molecule has 2 aromatic rings. The molecule has 0 aliphatic heterocycles. The summed E-state index contributed by atoms with van der Waals surface area (Å²) in [7, 11) is 0. The second-order valence-electron chi connectivity index (χ2n) is 7.29. The predicted molar refractivity (Wildman–Crippen MR) is 115 cm³/mol. The highest BCUT2D eigenvalue weighted by molar-refractivity contribution is 5.81. The molecule has 0 bridgehead atoms. The van der Waals surface area contributed by atoms with E-state index in [1.54, 1.807) is 0 Å². The molecule has 0 unspecified atom stereocenters. The third-order valence-electron chi connectivity index (χ3n) is 5.02. The van der Waals surface area contributed by atoms with Crippen LogP contribution in [0.15, 0.2) is 60.7 Å². The lowest BCUT2D eigenvalue weighted by Gasteiger charge is -2.08. The zero-order chi connectivity index (χ0) is 20.8. The number of aryl methyl sites for hydroxylation is 2. The lowest BCUT2D eigenvalue weighted by molar-refractivity contribution is -0.125. The number of ketones is 2. The highest BCUT2D eigenvalue weighted by Gasteiger charge is 2.11. The summed E-state index contributed by atoms with van der Waals surface area (Å²) in [5.41, 5.74) is 2.56. The fraction of sp³-hybridized carbons (Fsp3) is 0.440. The Morgan fingerprint density at radius 3 is 1.50 bits per heavy atom. The fourth-order valence-corrected chi connectivity index (χ4v) is 2.88. The molecular weight excluding hydrogens is 348 g/mol. The first-order valence-corrected chi connectivity index (χ1v) is 10.2. The normalized spacial score (nSPS) is 12.4. The molecule has 0 saturated heterocycles. The van der Waals surface area contributed by atoms with Crippen LogP contribution >= 0.6 is 0 Å². The highest BCUT2D eigenvalue weighted by atomic mass is 16.3. The van der Waals surface area contributed by atoms with Crippen LogP contribution in [-0.4, -0.2) is 23.3 Å². The summed E-state index contributed by atoms with van der Waals surface area (Å²) in [5, 5.41) is 8.65. The minimum absolute atomic E-state index is 0.0415. The maximum Gasteiger partial charge on any atom is 0.160 e. The van der Waals surface area contributed by atoms with E-state index >= 15 is 0 Å². The number of aliphatic hydroxyl groups excluding tert-OH is 1. The second kappa shape index (κ2) is 13.8. The van der Waals surface area contributed by atoms with Gasteiger partial charge >= 0.3 is 0 Å². The molecule has 2 atom stereocenters. The van der Waals surface area contributed by atoms with Crippen LogP contribution < -0.4 is 0 Å². The van der Waals surface area contributed by atoms with Crippen molar-refractivity contribution in [1.29, 1.82) is 0 Å². The van der Waals surface area contributed by atoms with E-state index in [-0.39, 0.29) is 24.2 Å². The molecule has 28 heavy (non-hydrogen) atoms. The van der Waals surface area contributed by atoms with Gasteiger partial charge in [-0.2, -0.15) is 0 Å². The fourth-order valence-electron chi connectivity index (χ4n) is 2.88. The average Bonchev–Trinajstić information content (AvgIpc) is 2.76. The van der Waals surface area contributed by atoms with E-state index in [0.29, 0.717) is 12.2 Å².